The largest absolute Gasteiger partial charge is 0.496 e. The average Bonchev–Trinajstić information content (AvgIpc) is 2.32. The lowest BCUT2D eigenvalue weighted by molar-refractivity contribution is 0.0845. The Labute approximate surface area is 120 Å². The third-order valence-electron chi connectivity index (χ3n) is 3.00. The predicted molar refractivity (Wildman–Crippen MR) is 81.0 cm³/mol. The summed E-state index contributed by atoms with van der Waals surface area (Å²) in [6, 6.07) is 0. The van der Waals surface area contributed by atoms with Gasteiger partial charge in [0.2, 0.25) is 0 Å². The van der Waals surface area contributed by atoms with Crippen LogP contribution in [0, 0.1) is 13.8 Å². The molecule has 0 fully saturated rings. The van der Waals surface area contributed by atoms with Gasteiger partial charge in [-0.25, -0.2) is 0 Å². The molecule has 1 unspecified atom stereocenters. The van der Waals surface area contributed by atoms with E-state index in [1.165, 1.54) is 0 Å². The molecule has 1 heterocycles. The summed E-state index contributed by atoms with van der Waals surface area (Å²) in [7, 11) is 1.68. The summed E-state index contributed by atoms with van der Waals surface area (Å²) in [6.07, 6.45) is 3.81. The van der Waals surface area contributed by atoms with Gasteiger partial charge in [0.05, 0.1) is 18.4 Å². The summed E-state index contributed by atoms with van der Waals surface area (Å²) in [5.41, 5.74) is 2.36. The monoisotopic (exact) mass is 284 g/mol. The van der Waals surface area contributed by atoms with Crippen molar-refractivity contribution in [2.45, 2.75) is 32.9 Å². The first-order valence-corrected chi connectivity index (χ1v) is 7.71. The van der Waals surface area contributed by atoms with Crippen LogP contribution in [0.2, 0.25) is 0 Å². The second-order valence-electron chi connectivity index (χ2n) is 5.08. The van der Waals surface area contributed by atoms with E-state index in [1.807, 2.05) is 33.2 Å². The molecule has 0 aliphatic rings. The van der Waals surface area contributed by atoms with Crippen LogP contribution in [0.1, 0.15) is 23.7 Å². The van der Waals surface area contributed by atoms with E-state index < -0.39 is 5.60 Å². The predicted octanol–water partition coefficient (Wildman–Crippen LogP) is 1.91. The fraction of sp³-hybridized carbons (Fsp3) is 0.643. The van der Waals surface area contributed by atoms with Gasteiger partial charge in [-0.1, -0.05) is 0 Å². The number of pyridine rings is 1. The van der Waals surface area contributed by atoms with E-state index in [9.17, 15) is 5.11 Å². The van der Waals surface area contributed by atoms with Crippen molar-refractivity contribution in [3.05, 3.63) is 23.0 Å². The fourth-order valence-corrected chi connectivity index (χ4v) is 2.79. The van der Waals surface area contributed by atoms with Crippen LogP contribution in [0.25, 0.3) is 0 Å². The molecule has 0 saturated carbocycles. The molecule has 1 atom stereocenters. The highest BCUT2D eigenvalue weighted by molar-refractivity contribution is 7.98. The van der Waals surface area contributed by atoms with Crippen molar-refractivity contribution in [3.63, 3.8) is 0 Å². The molecule has 0 aliphatic carbocycles. The standard InChI is InChI=1S/C14H24N2O2S/c1-10-6-16-12(11(2)13(10)18-4)7-15-8-14(3,17)9-19-5/h6,15,17H,7-9H2,1-5H3. The quantitative estimate of drug-likeness (QED) is 0.801. The molecule has 0 amide bonds. The van der Waals surface area contributed by atoms with Crippen molar-refractivity contribution < 1.29 is 9.84 Å². The lowest BCUT2D eigenvalue weighted by atomic mass is 10.1. The molecule has 19 heavy (non-hydrogen) atoms. The summed E-state index contributed by atoms with van der Waals surface area (Å²) >= 11 is 1.64. The van der Waals surface area contributed by atoms with Crippen molar-refractivity contribution in [1.29, 1.82) is 0 Å². The van der Waals surface area contributed by atoms with E-state index >= 15 is 0 Å². The number of hydrogen-bond donors (Lipinski definition) is 2. The van der Waals surface area contributed by atoms with Crippen molar-refractivity contribution >= 4 is 11.8 Å². The Hall–Kier alpha value is -0.780. The highest BCUT2D eigenvalue weighted by atomic mass is 32.2. The number of ether oxygens (including phenoxy) is 1. The maximum absolute atomic E-state index is 10.1. The Bertz CT molecular complexity index is 422. The van der Waals surface area contributed by atoms with Gasteiger partial charge in [0.15, 0.2) is 0 Å². The molecule has 1 aromatic heterocycles. The molecular formula is C14H24N2O2S. The first kappa shape index (κ1) is 16.3. The highest BCUT2D eigenvalue weighted by Crippen LogP contribution is 2.23. The summed E-state index contributed by atoms with van der Waals surface area (Å²) in [5, 5.41) is 13.3. The molecule has 108 valence electrons. The Balaban J connectivity index is 2.64. The fourth-order valence-electron chi connectivity index (χ4n) is 2.06. The lowest BCUT2D eigenvalue weighted by Crippen LogP contribution is -2.39. The summed E-state index contributed by atoms with van der Waals surface area (Å²) in [5.74, 6) is 1.60. The molecule has 0 saturated heterocycles. The number of thioether (sulfide) groups is 1. The molecule has 0 bridgehead atoms. The van der Waals surface area contributed by atoms with Crippen LogP contribution >= 0.6 is 11.8 Å². The smallest absolute Gasteiger partial charge is 0.128 e. The molecule has 1 rings (SSSR count). The molecule has 0 spiro atoms. The molecule has 0 aliphatic heterocycles. The number of aromatic nitrogens is 1. The van der Waals surface area contributed by atoms with E-state index in [1.54, 1.807) is 18.9 Å². The van der Waals surface area contributed by atoms with E-state index in [0.717, 1.165) is 22.6 Å². The summed E-state index contributed by atoms with van der Waals surface area (Å²) in [6.45, 7) is 7.01. The molecule has 1 aromatic rings. The zero-order chi connectivity index (χ0) is 14.5. The summed E-state index contributed by atoms with van der Waals surface area (Å²) < 4.78 is 5.38. The van der Waals surface area contributed by atoms with E-state index in [4.69, 9.17) is 4.74 Å². The van der Waals surface area contributed by atoms with Gasteiger partial charge in [0, 0.05) is 36.2 Å². The van der Waals surface area contributed by atoms with Crippen LogP contribution in [0.3, 0.4) is 0 Å². The maximum atomic E-state index is 10.1. The number of nitrogens with zero attached hydrogens (tertiary/aromatic N) is 1. The van der Waals surface area contributed by atoms with Crippen LogP contribution < -0.4 is 10.1 Å². The molecule has 4 nitrogen and oxygen atoms in total. The molecule has 0 radical (unpaired) electrons. The normalized spacial score (nSPS) is 14.2. The van der Waals surface area contributed by atoms with E-state index in [2.05, 4.69) is 10.3 Å². The van der Waals surface area contributed by atoms with E-state index in [0.29, 0.717) is 18.8 Å². The average molecular weight is 284 g/mol. The van der Waals surface area contributed by atoms with Crippen LogP contribution in [0.4, 0.5) is 0 Å². The van der Waals surface area contributed by atoms with Gasteiger partial charge < -0.3 is 15.2 Å². The topological polar surface area (TPSA) is 54.4 Å². The Morgan fingerprint density at radius 2 is 2.16 bits per heavy atom. The van der Waals surface area contributed by atoms with Crippen molar-refractivity contribution in [2.75, 3.05) is 25.7 Å². The highest BCUT2D eigenvalue weighted by Gasteiger charge is 2.19. The SMILES string of the molecule is COc1c(C)cnc(CNCC(C)(O)CSC)c1C. The third-order valence-corrected chi connectivity index (χ3v) is 3.91. The van der Waals surface area contributed by atoms with Gasteiger partial charge in [-0.3, -0.25) is 4.98 Å². The van der Waals surface area contributed by atoms with Gasteiger partial charge in [-0.05, 0) is 27.0 Å². The van der Waals surface area contributed by atoms with Gasteiger partial charge in [-0.15, -0.1) is 0 Å². The van der Waals surface area contributed by atoms with Crippen LogP contribution in [0.15, 0.2) is 6.20 Å². The van der Waals surface area contributed by atoms with Gasteiger partial charge in [0.25, 0.3) is 0 Å². The Morgan fingerprint density at radius 3 is 2.74 bits per heavy atom. The third kappa shape index (κ3) is 4.67. The minimum absolute atomic E-state index is 0.547. The van der Waals surface area contributed by atoms with Crippen LogP contribution in [0.5, 0.6) is 5.75 Å². The number of aliphatic hydroxyl groups is 1. The number of nitrogens with one attached hydrogen (secondary N) is 1. The molecule has 0 aromatic carbocycles. The number of hydrogen-bond acceptors (Lipinski definition) is 5. The first-order valence-electron chi connectivity index (χ1n) is 6.32. The van der Waals surface area contributed by atoms with Crippen LogP contribution in [-0.2, 0) is 6.54 Å². The number of methoxy groups -OCH3 is 1. The first-order chi connectivity index (χ1) is 8.91. The summed E-state index contributed by atoms with van der Waals surface area (Å²) in [4.78, 5) is 4.42. The zero-order valence-corrected chi connectivity index (χ0v) is 13.2. The van der Waals surface area contributed by atoms with Crippen molar-refractivity contribution in [1.82, 2.24) is 10.3 Å². The van der Waals surface area contributed by atoms with Crippen molar-refractivity contribution in [3.8, 4) is 5.75 Å². The molecular weight excluding hydrogens is 260 g/mol. The minimum Gasteiger partial charge on any atom is -0.496 e. The molecule has 2 N–H and O–H groups in total. The second-order valence-corrected chi connectivity index (χ2v) is 5.95. The van der Waals surface area contributed by atoms with Crippen molar-refractivity contribution in [2.24, 2.45) is 0 Å². The zero-order valence-electron chi connectivity index (χ0n) is 12.4. The number of aryl methyl sites for hydroxylation is 1. The van der Waals surface area contributed by atoms with E-state index in [-0.39, 0.29) is 0 Å². The van der Waals surface area contributed by atoms with Gasteiger partial charge >= 0.3 is 0 Å². The van der Waals surface area contributed by atoms with Gasteiger partial charge in [0.1, 0.15) is 5.75 Å². The minimum atomic E-state index is -0.692. The maximum Gasteiger partial charge on any atom is 0.128 e. The second kappa shape index (κ2) is 7.12. The Kier molecular flexibility index (Phi) is 6.10. The number of rotatable bonds is 7. The van der Waals surface area contributed by atoms with Crippen LogP contribution in [-0.4, -0.2) is 41.4 Å². The molecule has 5 heteroatoms. The Morgan fingerprint density at radius 1 is 1.47 bits per heavy atom. The van der Waals surface area contributed by atoms with Gasteiger partial charge in [-0.2, -0.15) is 11.8 Å². The lowest BCUT2D eigenvalue weighted by Gasteiger charge is -2.23.